The molecule has 0 heterocycles. The number of nitrogens with one attached hydrogen (secondary N) is 1. The van der Waals surface area contributed by atoms with Gasteiger partial charge in [0, 0.05) is 11.6 Å². The summed E-state index contributed by atoms with van der Waals surface area (Å²) in [4.78, 5) is 0. The minimum Gasteiger partial charge on any atom is -0.310 e. The molecule has 0 saturated heterocycles. The molecule has 0 amide bonds. The molecule has 1 aromatic rings. The fourth-order valence-corrected chi connectivity index (χ4v) is 3.30. The zero-order valence-corrected chi connectivity index (χ0v) is 12.0. The highest BCUT2D eigenvalue weighted by atomic mass is 19.1. The summed E-state index contributed by atoms with van der Waals surface area (Å²) in [6, 6.07) is 7.44. The first-order valence-corrected chi connectivity index (χ1v) is 7.80. The number of halogens is 1. The van der Waals surface area contributed by atoms with E-state index in [0.29, 0.717) is 5.92 Å². The summed E-state index contributed by atoms with van der Waals surface area (Å²) >= 11 is 0. The molecule has 0 radical (unpaired) electrons. The zero-order chi connectivity index (χ0) is 13.5. The Hall–Kier alpha value is -0.890. The lowest BCUT2D eigenvalue weighted by molar-refractivity contribution is 0.286. The molecule has 1 aliphatic carbocycles. The second kappa shape index (κ2) is 7.64. The molecule has 1 atom stereocenters. The van der Waals surface area contributed by atoms with Gasteiger partial charge in [0.05, 0.1) is 0 Å². The summed E-state index contributed by atoms with van der Waals surface area (Å²) in [6.07, 6.45) is 9.09. The van der Waals surface area contributed by atoms with Gasteiger partial charge in [-0.2, -0.15) is 0 Å². The maximum absolute atomic E-state index is 14.1. The lowest BCUT2D eigenvalue weighted by atomic mass is 9.82. The molecular formula is C17H26FN. The third-order valence-corrected chi connectivity index (χ3v) is 4.29. The van der Waals surface area contributed by atoms with Crippen molar-refractivity contribution in [2.24, 2.45) is 5.92 Å². The van der Waals surface area contributed by atoms with E-state index in [-0.39, 0.29) is 11.9 Å². The monoisotopic (exact) mass is 263 g/mol. The lowest BCUT2D eigenvalue weighted by Gasteiger charge is -2.30. The van der Waals surface area contributed by atoms with E-state index in [1.54, 1.807) is 12.1 Å². The summed E-state index contributed by atoms with van der Waals surface area (Å²) < 4.78 is 14.1. The maximum Gasteiger partial charge on any atom is 0.127 e. The Bertz CT molecular complexity index is 369. The van der Waals surface area contributed by atoms with E-state index in [2.05, 4.69) is 12.2 Å². The van der Waals surface area contributed by atoms with Crippen molar-refractivity contribution in [2.45, 2.75) is 57.9 Å². The van der Waals surface area contributed by atoms with Crippen LogP contribution in [-0.2, 0) is 0 Å². The Morgan fingerprint density at radius 3 is 2.37 bits per heavy atom. The summed E-state index contributed by atoms with van der Waals surface area (Å²) in [6.45, 7) is 3.01. The van der Waals surface area contributed by atoms with Crippen LogP contribution in [0.3, 0.4) is 0 Å². The first-order valence-electron chi connectivity index (χ1n) is 7.80. The molecule has 1 saturated carbocycles. The minimum atomic E-state index is -0.0597. The van der Waals surface area contributed by atoms with Crippen LogP contribution in [0.5, 0.6) is 0 Å². The van der Waals surface area contributed by atoms with Gasteiger partial charge in [-0.1, -0.05) is 57.2 Å². The number of benzene rings is 1. The number of rotatable bonds is 4. The van der Waals surface area contributed by atoms with Crippen LogP contribution in [0.15, 0.2) is 24.3 Å². The van der Waals surface area contributed by atoms with Crippen LogP contribution < -0.4 is 5.32 Å². The highest BCUT2D eigenvalue weighted by molar-refractivity contribution is 5.22. The van der Waals surface area contributed by atoms with Crippen LogP contribution in [0.25, 0.3) is 0 Å². The highest BCUT2D eigenvalue weighted by Crippen LogP contribution is 2.33. The van der Waals surface area contributed by atoms with Crippen molar-refractivity contribution in [1.29, 1.82) is 0 Å². The van der Waals surface area contributed by atoms with Gasteiger partial charge in [0.25, 0.3) is 0 Å². The van der Waals surface area contributed by atoms with Crippen molar-refractivity contribution >= 4 is 0 Å². The predicted molar refractivity (Wildman–Crippen MR) is 78.6 cm³/mol. The van der Waals surface area contributed by atoms with Gasteiger partial charge in [-0.05, 0) is 31.4 Å². The van der Waals surface area contributed by atoms with E-state index in [0.717, 1.165) is 12.1 Å². The average Bonchev–Trinajstić information content (AvgIpc) is 2.37. The molecule has 1 unspecified atom stereocenters. The van der Waals surface area contributed by atoms with Crippen LogP contribution in [0.4, 0.5) is 4.39 Å². The Kier molecular flexibility index (Phi) is 5.84. The van der Waals surface area contributed by atoms with Gasteiger partial charge in [-0.3, -0.25) is 0 Å². The smallest absolute Gasteiger partial charge is 0.127 e. The average molecular weight is 263 g/mol. The maximum atomic E-state index is 14.1. The Morgan fingerprint density at radius 2 is 1.74 bits per heavy atom. The molecular weight excluding hydrogens is 237 g/mol. The van der Waals surface area contributed by atoms with Crippen LogP contribution in [0.1, 0.15) is 63.5 Å². The lowest BCUT2D eigenvalue weighted by Crippen LogP contribution is -2.29. The zero-order valence-electron chi connectivity index (χ0n) is 12.0. The molecule has 2 rings (SSSR count). The normalized spacial score (nSPS) is 19.7. The third kappa shape index (κ3) is 4.04. The predicted octanol–water partition coefficient (Wildman–Crippen LogP) is 4.84. The van der Waals surface area contributed by atoms with E-state index in [1.165, 1.54) is 44.9 Å². The summed E-state index contributed by atoms with van der Waals surface area (Å²) in [5, 5.41) is 3.52. The molecule has 0 aromatic heterocycles. The molecule has 106 valence electrons. The van der Waals surface area contributed by atoms with Crippen molar-refractivity contribution in [3.8, 4) is 0 Å². The van der Waals surface area contributed by atoms with Crippen molar-refractivity contribution in [1.82, 2.24) is 5.32 Å². The Labute approximate surface area is 116 Å². The summed E-state index contributed by atoms with van der Waals surface area (Å²) in [5.74, 6) is 0.521. The second-order valence-electron chi connectivity index (χ2n) is 5.66. The van der Waals surface area contributed by atoms with Gasteiger partial charge in [-0.15, -0.1) is 0 Å². The van der Waals surface area contributed by atoms with Gasteiger partial charge < -0.3 is 5.32 Å². The van der Waals surface area contributed by atoms with Gasteiger partial charge >= 0.3 is 0 Å². The first kappa shape index (κ1) is 14.5. The van der Waals surface area contributed by atoms with Crippen molar-refractivity contribution in [3.05, 3.63) is 35.6 Å². The van der Waals surface area contributed by atoms with Crippen LogP contribution in [0, 0.1) is 11.7 Å². The first-order chi connectivity index (χ1) is 9.33. The fourth-order valence-electron chi connectivity index (χ4n) is 3.30. The van der Waals surface area contributed by atoms with Crippen molar-refractivity contribution in [2.75, 3.05) is 6.54 Å². The molecule has 1 nitrogen and oxygen atoms in total. The van der Waals surface area contributed by atoms with Crippen LogP contribution in [0.2, 0.25) is 0 Å². The Morgan fingerprint density at radius 1 is 1.11 bits per heavy atom. The Balaban J connectivity index is 2.15. The number of hydrogen-bond donors (Lipinski definition) is 1. The highest BCUT2D eigenvalue weighted by Gasteiger charge is 2.24. The molecule has 19 heavy (non-hydrogen) atoms. The number of hydrogen-bond acceptors (Lipinski definition) is 1. The van der Waals surface area contributed by atoms with Crippen molar-refractivity contribution < 1.29 is 4.39 Å². The van der Waals surface area contributed by atoms with E-state index in [4.69, 9.17) is 0 Å². The molecule has 0 aliphatic heterocycles. The van der Waals surface area contributed by atoms with Gasteiger partial charge in [-0.25, -0.2) is 4.39 Å². The van der Waals surface area contributed by atoms with Crippen LogP contribution >= 0.6 is 0 Å². The minimum absolute atomic E-state index is 0.0597. The van der Waals surface area contributed by atoms with Gasteiger partial charge in [0.15, 0.2) is 0 Å². The molecule has 1 aromatic carbocycles. The van der Waals surface area contributed by atoms with E-state index in [9.17, 15) is 4.39 Å². The van der Waals surface area contributed by atoms with Crippen LogP contribution in [-0.4, -0.2) is 6.54 Å². The largest absolute Gasteiger partial charge is 0.310 e. The molecule has 0 bridgehead atoms. The molecule has 0 spiro atoms. The van der Waals surface area contributed by atoms with Gasteiger partial charge in [0.2, 0.25) is 0 Å². The topological polar surface area (TPSA) is 12.0 Å². The standard InChI is InChI=1S/C17H26FN/c1-2-19-17(15-12-8-9-13-16(15)18)14-10-6-4-3-5-7-11-14/h8-9,12-14,17,19H,2-7,10-11H2,1H3. The van der Waals surface area contributed by atoms with E-state index in [1.807, 2.05) is 12.1 Å². The SMILES string of the molecule is CCNC(c1ccccc1F)C1CCCCCCC1. The molecule has 1 N–H and O–H groups in total. The quantitative estimate of drug-likeness (QED) is 0.820. The van der Waals surface area contributed by atoms with E-state index < -0.39 is 0 Å². The summed E-state index contributed by atoms with van der Waals surface area (Å²) in [7, 11) is 0. The van der Waals surface area contributed by atoms with Crippen molar-refractivity contribution in [3.63, 3.8) is 0 Å². The van der Waals surface area contributed by atoms with E-state index >= 15 is 0 Å². The fraction of sp³-hybridized carbons (Fsp3) is 0.647. The molecule has 1 aliphatic rings. The molecule has 1 fully saturated rings. The second-order valence-corrected chi connectivity index (χ2v) is 5.66. The summed E-state index contributed by atoms with van der Waals surface area (Å²) in [5.41, 5.74) is 0.856. The third-order valence-electron chi connectivity index (χ3n) is 4.29. The van der Waals surface area contributed by atoms with Gasteiger partial charge in [0.1, 0.15) is 5.82 Å². The molecule has 2 heteroatoms.